The summed E-state index contributed by atoms with van der Waals surface area (Å²) in [5, 5.41) is 12.5. The summed E-state index contributed by atoms with van der Waals surface area (Å²) in [6.45, 7) is 9.02. The molecule has 8 heteroatoms. The van der Waals surface area contributed by atoms with Crippen LogP contribution in [0.4, 0.5) is 0 Å². The Labute approximate surface area is 141 Å². The van der Waals surface area contributed by atoms with E-state index in [-0.39, 0.29) is 6.04 Å². The van der Waals surface area contributed by atoms with Crippen molar-refractivity contribution >= 4 is 0 Å². The molecule has 1 atom stereocenters. The van der Waals surface area contributed by atoms with Gasteiger partial charge in [-0.1, -0.05) is 5.16 Å². The van der Waals surface area contributed by atoms with Crippen LogP contribution < -0.4 is 0 Å². The Balaban J connectivity index is 1.32. The van der Waals surface area contributed by atoms with Crippen molar-refractivity contribution in [1.82, 2.24) is 34.7 Å². The van der Waals surface area contributed by atoms with Gasteiger partial charge in [0.25, 0.3) is 0 Å². The zero-order valence-corrected chi connectivity index (χ0v) is 14.6. The Morgan fingerprint density at radius 2 is 1.92 bits per heavy atom. The van der Waals surface area contributed by atoms with E-state index in [1.54, 1.807) is 0 Å². The maximum absolute atomic E-state index is 5.48. The van der Waals surface area contributed by atoms with Crippen molar-refractivity contribution in [2.75, 3.05) is 26.2 Å². The highest BCUT2D eigenvalue weighted by atomic mass is 16.5. The van der Waals surface area contributed by atoms with Crippen molar-refractivity contribution in [3.05, 3.63) is 23.4 Å². The molecule has 1 aliphatic heterocycles. The number of piperazine rings is 1. The molecule has 24 heavy (non-hydrogen) atoms. The Morgan fingerprint density at radius 1 is 1.17 bits per heavy atom. The Hall–Kier alpha value is -1.80. The Bertz CT molecular complexity index is 697. The van der Waals surface area contributed by atoms with Gasteiger partial charge in [0, 0.05) is 39.1 Å². The number of aromatic nitrogens is 5. The minimum Gasteiger partial charge on any atom is -0.338 e. The molecule has 0 N–H and O–H groups in total. The maximum atomic E-state index is 5.48. The van der Waals surface area contributed by atoms with Crippen LogP contribution in [0.5, 0.6) is 0 Å². The summed E-state index contributed by atoms with van der Waals surface area (Å²) in [7, 11) is 2.02. The Morgan fingerprint density at radius 3 is 2.54 bits per heavy atom. The second-order valence-electron chi connectivity index (χ2n) is 6.98. The molecule has 0 spiro atoms. The van der Waals surface area contributed by atoms with Crippen LogP contribution >= 0.6 is 0 Å². The third-order valence-electron chi connectivity index (χ3n) is 5.26. The summed E-state index contributed by atoms with van der Waals surface area (Å²) in [4.78, 5) is 9.44. The molecule has 1 saturated heterocycles. The molecule has 130 valence electrons. The number of nitrogens with zero attached hydrogens (tertiary/aromatic N) is 7. The van der Waals surface area contributed by atoms with Crippen LogP contribution in [0.2, 0.25) is 0 Å². The number of hydrogen-bond acceptors (Lipinski definition) is 7. The first-order chi connectivity index (χ1) is 11.6. The predicted octanol–water partition coefficient (Wildman–Crippen LogP) is 1.26. The summed E-state index contributed by atoms with van der Waals surface area (Å²) in [5.74, 6) is 4.18. The van der Waals surface area contributed by atoms with E-state index in [4.69, 9.17) is 4.52 Å². The average molecular weight is 331 g/mol. The molecular formula is C16H25N7O. The first-order valence-electron chi connectivity index (χ1n) is 8.76. The molecule has 0 radical (unpaired) electrons. The van der Waals surface area contributed by atoms with Crippen LogP contribution in [0, 0.1) is 6.92 Å². The lowest BCUT2D eigenvalue weighted by molar-refractivity contribution is 0.0826. The molecule has 0 bridgehead atoms. The second-order valence-corrected chi connectivity index (χ2v) is 6.98. The standard InChI is InChI=1S/C16H25N7O/c1-11(16-17-15(20-24-16)13-4-5-13)23-8-6-22(7-9-23)10-14-19-18-12(2)21(14)3/h11,13H,4-10H2,1-3H3/t11-/m1/s1. The topological polar surface area (TPSA) is 76.1 Å². The highest BCUT2D eigenvalue weighted by Gasteiger charge is 2.31. The van der Waals surface area contributed by atoms with E-state index in [1.807, 2.05) is 14.0 Å². The van der Waals surface area contributed by atoms with Gasteiger partial charge in [-0.25, -0.2) is 0 Å². The van der Waals surface area contributed by atoms with E-state index >= 15 is 0 Å². The quantitative estimate of drug-likeness (QED) is 0.816. The maximum Gasteiger partial charge on any atom is 0.243 e. The van der Waals surface area contributed by atoms with E-state index < -0.39 is 0 Å². The van der Waals surface area contributed by atoms with E-state index in [1.165, 1.54) is 12.8 Å². The summed E-state index contributed by atoms with van der Waals surface area (Å²) >= 11 is 0. The Kier molecular flexibility index (Phi) is 4.09. The van der Waals surface area contributed by atoms with Crippen molar-refractivity contribution in [2.24, 2.45) is 7.05 Å². The van der Waals surface area contributed by atoms with Crippen molar-refractivity contribution in [3.63, 3.8) is 0 Å². The molecule has 2 aromatic heterocycles. The van der Waals surface area contributed by atoms with Crippen LogP contribution in [-0.4, -0.2) is 60.9 Å². The van der Waals surface area contributed by atoms with Gasteiger partial charge in [0.1, 0.15) is 11.6 Å². The predicted molar refractivity (Wildman–Crippen MR) is 87.3 cm³/mol. The summed E-state index contributed by atoms with van der Waals surface area (Å²) in [6, 6.07) is 0.184. The number of hydrogen-bond donors (Lipinski definition) is 0. The molecule has 2 aliphatic rings. The largest absolute Gasteiger partial charge is 0.338 e. The summed E-state index contributed by atoms with van der Waals surface area (Å²) in [6.07, 6.45) is 2.40. The van der Waals surface area contributed by atoms with E-state index in [9.17, 15) is 0 Å². The van der Waals surface area contributed by atoms with Gasteiger partial charge in [-0.3, -0.25) is 9.80 Å². The lowest BCUT2D eigenvalue weighted by Crippen LogP contribution is -2.47. The van der Waals surface area contributed by atoms with Crippen molar-refractivity contribution in [3.8, 4) is 0 Å². The number of rotatable bonds is 5. The molecule has 0 aromatic carbocycles. The third-order valence-corrected chi connectivity index (χ3v) is 5.26. The van der Waals surface area contributed by atoms with Crippen LogP contribution in [0.15, 0.2) is 4.52 Å². The molecule has 1 saturated carbocycles. The average Bonchev–Trinajstić information content (AvgIpc) is 3.26. The van der Waals surface area contributed by atoms with Crippen molar-refractivity contribution in [2.45, 2.75) is 45.2 Å². The fraction of sp³-hybridized carbons (Fsp3) is 0.750. The van der Waals surface area contributed by atoms with Crippen molar-refractivity contribution < 1.29 is 4.52 Å². The van der Waals surface area contributed by atoms with Crippen LogP contribution in [0.1, 0.15) is 55.1 Å². The zero-order chi connectivity index (χ0) is 16.7. The second kappa shape index (κ2) is 6.25. The molecule has 0 unspecified atom stereocenters. The third kappa shape index (κ3) is 3.08. The van der Waals surface area contributed by atoms with Gasteiger partial charge in [0.05, 0.1) is 12.6 Å². The molecule has 1 aliphatic carbocycles. The van der Waals surface area contributed by atoms with Gasteiger partial charge in [0.15, 0.2) is 5.82 Å². The van der Waals surface area contributed by atoms with Crippen LogP contribution in [0.25, 0.3) is 0 Å². The minimum absolute atomic E-state index is 0.184. The van der Waals surface area contributed by atoms with E-state index in [0.717, 1.165) is 56.1 Å². The molecule has 8 nitrogen and oxygen atoms in total. The molecule has 2 fully saturated rings. The van der Waals surface area contributed by atoms with E-state index in [2.05, 4.69) is 41.6 Å². The van der Waals surface area contributed by atoms with Crippen molar-refractivity contribution in [1.29, 1.82) is 0 Å². The van der Waals surface area contributed by atoms with E-state index in [0.29, 0.717) is 5.92 Å². The van der Waals surface area contributed by atoms with Crippen LogP contribution in [0.3, 0.4) is 0 Å². The first kappa shape index (κ1) is 15.7. The zero-order valence-electron chi connectivity index (χ0n) is 14.6. The smallest absolute Gasteiger partial charge is 0.243 e. The highest BCUT2D eigenvalue weighted by molar-refractivity contribution is 5.05. The lowest BCUT2D eigenvalue weighted by atomic mass is 10.2. The van der Waals surface area contributed by atoms with Gasteiger partial charge >= 0.3 is 0 Å². The summed E-state index contributed by atoms with van der Waals surface area (Å²) < 4.78 is 7.55. The van der Waals surface area contributed by atoms with Gasteiger partial charge in [0.2, 0.25) is 5.89 Å². The fourth-order valence-corrected chi connectivity index (χ4v) is 3.18. The van der Waals surface area contributed by atoms with Gasteiger partial charge in [-0.2, -0.15) is 4.98 Å². The molecule has 3 heterocycles. The normalized spacial score (nSPS) is 21.3. The number of aryl methyl sites for hydroxylation is 1. The molecule has 4 rings (SSSR count). The monoisotopic (exact) mass is 331 g/mol. The van der Waals surface area contributed by atoms with Crippen LogP contribution in [-0.2, 0) is 13.6 Å². The SMILES string of the molecule is Cc1nnc(CN2CCN([C@H](C)c3nc(C4CC4)no3)CC2)n1C. The fourth-order valence-electron chi connectivity index (χ4n) is 3.18. The molecular weight excluding hydrogens is 306 g/mol. The minimum atomic E-state index is 0.184. The summed E-state index contributed by atoms with van der Waals surface area (Å²) in [5.41, 5.74) is 0. The molecule has 0 amide bonds. The first-order valence-corrected chi connectivity index (χ1v) is 8.76. The van der Waals surface area contributed by atoms with Gasteiger partial charge in [-0.15, -0.1) is 10.2 Å². The highest BCUT2D eigenvalue weighted by Crippen LogP contribution is 2.38. The van der Waals surface area contributed by atoms with Gasteiger partial charge in [-0.05, 0) is 26.7 Å². The van der Waals surface area contributed by atoms with Gasteiger partial charge < -0.3 is 9.09 Å². The molecule has 2 aromatic rings. The lowest BCUT2D eigenvalue weighted by Gasteiger charge is -2.36.